The molecule has 0 aliphatic carbocycles. The summed E-state index contributed by atoms with van der Waals surface area (Å²) in [5.41, 5.74) is 1.24. The van der Waals surface area contributed by atoms with Crippen LogP contribution in [0.5, 0.6) is 5.75 Å². The largest absolute Gasteiger partial charge is 0.497 e. The van der Waals surface area contributed by atoms with E-state index in [2.05, 4.69) is 24.4 Å². The Hall–Kier alpha value is -1.55. The van der Waals surface area contributed by atoms with Crippen LogP contribution < -0.4 is 10.1 Å². The first-order valence-corrected chi connectivity index (χ1v) is 8.19. The van der Waals surface area contributed by atoms with Gasteiger partial charge < -0.3 is 14.8 Å². The maximum atomic E-state index is 12.0. The minimum Gasteiger partial charge on any atom is -0.497 e. The SMILES string of the molecule is CCCCC(=O)NCC1(c2ccc(OC)cc2)CCOCC1. The van der Waals surface area contributed by atoms with Gasteiger partial charge in [-0.05, 0) is 37.0 Å². The third-order valence-electron chi connectivity index (χ3n) is 4.53. The molecular formula is C18H27NO3. The molecule has 0 radical (unpaired) electrons. The molecule has 1 fully saturated rings. The van der Waals surface area contributed by atoms with Crippen LogP contribution >= 0.6 is 0 Å². The van der Waals surface area contributed by atoms with Crippen LogP contribution in [0.4, 0.5) is 0 Å². The predicted molar refractivity (Wildman–Crippen MR) is 87.3 cm³/mol. The highest BCUT2D eigenvalue weighted by molar-refractivity contribution is 5.76. The Kier molecular flexibility index (Phi) is 6.25. The van der Waals surface area contributed by atoms with E-state index in [1.54, 1.807) is 7.11 Å². The van der Waals surface area contributed by atoms with Crippen LogP contribution in [0.25, 0.3) is 0 Å². The fraction of sp³-hybridized carbons (Fsp3) is 0.611. The Labute approximate surface area is 133 Å². The first-order valence-electron chi connectivity index (χ1n) is 8.19. The first-order chi connectivity index (χ1) is 10.7. The third-order valence-corrected chi connectivity index (χ3v) is 4.53. The second-order valence-corrected chi connectivity index (χ2v) is 6.00. The number of carbonyl (C=O) groups excluding carboxylic acids is 1. The number of hydrogen-bond acceptors (Lipinski definition) is 3. The lowest BCUT2D eigenvalue weighted by Gasteiger charge is -2.38. The van der Waals surface area contributed by atoms with Gasteiger partial charge in [0.2, 0.25) is 5.91 Å². The minimum atomic E-state index is -0.0214. The molecule has 1 aromatic rings. The fourth-order valence-electron chi connectivity index (χ4n) is 2.97. The molecule has 1 heterocycles. The van der Waals surface area contributed by atoms with E-state index in [1.165, 1.54) is 5.56 Å². The van der Waals surface area contributed by atoms with Gasteiger partial charge in [0.05, 0.1) is 7.11 Å². The quantitative estimate of drug-likeness (QED) is 0.842. The molecule has 1 N–H and O–H groups in total. The van der Waals surface area contributed by atoms with E-state index < -0.39 is 0 Å². The van der Waals surface area contributed by atoms with Crippen molar-refractivity contribution in [2.45, 2.75) is 44.4 Å². The zero-order valence-electron chi connectivity index (χ0n) is 13.7. The minimum absolute atomic E-state index is 0.0214. The number of rotatable bonds is 7. The number of hydrogen-bond donors (Lipinski definition) is 1. The van der Waals surface area contributed by atoms with Crippen LogP contribution in [0.15, 0.2) is 24.3 Å². The molecule has 0 unspecified atom stereocenters. The van der Waals surface area contributed by atoms with Crippen molar-refractivity contribution in [1.82, 2.24) is 5.32 Å². The van der Waals surface area contributed by atoms with Crippen LogP contribution in [-0.2, 0) is 14.9 Å². The van der Waals surface area contributed by atoms with Gasteiger partial charge in [-0.2, -0.15) is 0 Å². The summed E-state index contributed by atoms with van der Waals surface area (Å²) in [4.78, 5) is 12.0. The van der Waals surface area contributed by atoms with Crippen LogP contribution in [0.3, 0.4) is 0 Å². The standard InChI is InChI=1S/C18H27NO3/c1-3-4-5-17(20)19-14-18(10-12-22-13-11-18)15-6-8-16(21-2)9-7-15/h6-9H,3-5,10-14H2,1-2H3,(H,19,20). The van der Waals surface area contributed by atoms with Crippen LogP contribution in [0.2, 0.25) is 0 Å². The number of carbonyl (C=O) groups is 1. The highest BCUT2D eigenvalue weighted by atomic mass is 16.5. The summed E-state index contributed by atoms with van der Waals surface area (Å²) in [5.74, 6) is 1.01. The summed E-state index contributed by atoms with van der Waals surface area (Å²) in [6.07, 6.45) is 4.49. The zero-order chi connectivity index (χ0) is 15.8. The molecular weight excluding hydrogens is 278 g/mol. The summed E-state index contributed by atoms with van der Waals surface area (Å²) in [7, 11) is 1.67. The summed E-state index contributed by atoms with van der Waals surface area (Å²) in [6, 6.07) is 8.21. The van der Waals surface area contributed by atoms with Crippen LogP contribution in [0, 0.1) is 0 Å². The van der Waals surface area contributed by atoms with Crippen molar-refractivity contribution in [2.24, 2.45) is 0 Å². The van der Waals surface area contributed by atoms with Crippen molar-refractivity contribution >= 4 is 5.91 Å². The number of benzene rings is 1. The Bertz CT molecular complexity index is 464. The Morgan fingerprint density at radius 2 is 1.95 bits per heavy atom. The fourth-order valence-corrected chi connectivity index (χ4v) is 2.97. The highest BCUT2D eigenvalue weighted by Crippen LogP contribution is 2.35. The van der Waals surface area contributed by atoms with Gasteiger partial charge in [0.1, 0.15) is 5.75 Å². The topological polar surface area (TPSA) is 47.6 Å². The van der Waals surface area contributed by atoms with Gasteiger partial charge in [-0.3, -0.25) is 4.79 Å². The molecule has 1 amide bonds. The molecule has 22 heavy (non-hydrogen) atoms. The number of nitrogens with one attached hydrogen (secondary N) is 1. The Morgan fingerprint density at radius 3 is 2.55 bits per heavy atom. The van der Waals surface area contributed by atoms with E-state index in [0.29, 0.717) is 13.0 Å². The van der Waals surface area contributed by atoms with E-state index in [0.717, 1.165) is 44.6 Å². The Morgan fingerprint density at radius 1 is 1.27 bits per heavy atom. The van der Waals surface area contributed by atoms with Gasteiger partial charge in [0.25, 0.3) is 0 Å². The summed E-state index contributed by atoms with van der Waals surface area (Å²) in [6.45, 7) is 4.28. The maximum Gasteiger partial charge on any atom is 0.220 e. The van der Waals surface area contributed by atoms with E-state index in [9.17, 15) is 4.79 Å². The second kappa shape index (κ2) is 8.18. The van der Waals surface area contributed by atoms with E-state index in [1.807, 2.05) is 12.1 Å². The van der Waals surface area contributed by atoms with Crippen LogP contribution in [-0.4, -0.2) is 32.8 Å². The molecule has 1 aliphatic heterocycles. The molecule has 0 bridgehead atoms. The molecule has 0 aromatic heterocycles. The average Bonchev–Trinajstić information content (AvgIpc) is 2.59. The molecule has 0 atom stereocenters. The monoisotopic (exact) mass is 305 g/mol. The molecule has 0 spiro atoms. The van der Waals surface area contributed by atoms with E-state index >= 15 is 0 Å². The average molecular weight is 305 g/mol. The Balaban J connectivity index is 2.07. The van der Waals surface area contributed by atoms with Crippen molar-refractivity contribution in [3.8, 4) is 5.75 Å². The molecule has 2 rings (SSSR count). The summed E-state index contributed by atoms with van der Waals surface area (Å²) >= 11 is 0. The highest BCUT2D eigenvalue weighted by Gasteiger charge is 2.34. The molecule has 4 nitrogen and oxygen atoms in total. The summed E-state index contributed by atoms with van der Waals surface area (Å²) in [5, 5.41) is 3.13. The lowest BCUT2D eigenvalue weighted by atomic mass is 9.74. The normalized spacial score (nSPS) is 17.0. The van der Waals surface area contributed by atoms with Gasteiger partial charge in [-0.25, -0.2) is 0 Å². The van der Waals surface area contributed by atoms with E-state index in [4.69, 9.17) is 9.47 Å². The van der Waals surface area contributed by atoms with Crippen molar-refractivity contribution in [1.29, 1.82) is 0 Å². The van der Waals surface area contributed by atoms with Crippen molar-refractivity contribution in [3.63, 3.8) is 0 Å². The van der Waals surface area contributed by atoms with Gasteiger partial charge in [0, 0.05) is 31.6 Å². The zero-order valence-corrected chi connectivity index (χ0v) is 13.7. The molecule has 1 aliphatic rings. The van der Waals surface area contributed by atoms with E-state index in [-0.39, 0.29) is 11.3 Å². The smallest absolute Gasteiger partial charge is 0.220 e. The lowest BCUT2D eigenvalue weighted by molar-refractivity contribution is -0.121. The summed E-state index contributed by atoms with van der Waals surface area (Å²) < 4.78 is 10.8. The molecule has 0 saturated carbocycles. The first kappa shape index (κ1) is 16.8. The van der Waals surface area contributed by atoms with Crippen molar-refractivity contribution < 1.29 is 14.3 Å². The van der Waals surface area contributed by atoms with Crippen molar-refractivity contribution in [3.05, 3.63) is 29.8 Å². The van der Waals surface area contributed by atoms with Gasteiger partial charge >= 0.3 is 0 Å². The van der Waals surface area contributed by atoms with Gasteiger partial charge in [0.15, 0.2) is 0 Å². The van der Waals surface area contributed by atoms with Crippen molar-refractivity contribution in [2.75, 3.05) is 26.9 Å². The number of methoxy groups -OCH3 is 1. The predicted octanol–water partition coefficient (Wildman–Crippen LogP) is 3.05. The number of amides is 1. The number of ether oxygens (including phenoxy) is 2. The molecule has 122 valence electrons. The second-order valence-electron chi connectivity index (χ2n) is 6.00. The number of unbranched alkanes of at least 4 members (excludes halogenated alkanes) is 1. The third kappa shape index (κ3) is 4.23. The molecule has 1 saturated heterocycles. The van der Waals surface area contributed by atoms with Gasteiger partial charge in [-0.15, -0.1) is 0 Å². The van der Waals surface area contributed by atoms with Gasteiger partial charge in [-0.1, -0.05) is 25.5 Å². The maximum absolute atomic E-state index is 12.0. The molecule has 1 aromatic carbocycles. The molecule has 4 heteroatoms. The lowest BCUT2D eigenvalue weighted by Crippen LogP contribution is -2.44. The van der Waals surface area contributed by atoms with Crippen LogP contribution in [0.1, 0.15) is 44.6 Å².